The number of rotatable bonds is 4. The van der Waals surface area contributed by atoms with E-state index in [-0.39, 0.29) is 34.5 Å². The topological polar surface area (TPSA) is 49.4 Å². The van der Waals surface area contributed by atoms with Crippen LogP contribution in [0, 0.1) is 0 Å². The summed E-state index contributed by atoms with van der Waals surface area (Å²) in [4.78, 5) is 26.3. The van der Waals surface area contributed by atoms with Gasteiger partial charge in [0.05, 0.1) is 0 Å². The highest BCUT2D eigenvalue weighted by molar-refractivity contribution is 8.00. The number of carbonyl (C=O) groups excluding carboxylic acids is 2. The maximum absolute atomic E-state index is 12.6. The maximum atomic E-state index is 12.6. The van der Waals surface area contributed by atoms with Crippen molar-refractivity contribution < 1.29 is 22.8 Å². The summed E-state index contributed by atoms with van der Waals surface area (Å²) in [6.45, 7) is 0.487. The van der Waals surface area contributed by atoms with Gasteiger partial charge in [-0.05, 0) is 61.7 Å². The smallest absolute Gasteiger partial charge is 0.352 e. The van der Waals surface area contributed by atoms with Crippen LogP contribution < -0.4 is 5.32 Å². The molecule has 1 aliphatic carbocycles. The van der Waals surface area contributed by atoms with E-state index in [1.165, 1.54) is 29.2 Å². The van der Waals surface area contributed by atoms with Gasteiger partial charge in [0, 0.05) is 23.0 Å². The van der Waals surface area contributed by atoms with Gasteiger partial charge in [0.15, 0.2) is 0 Å². The second-order valence-corrected chi connectivity index (χ2v) is 7.15. The molecule has 0 radical (unpaired) electrons. The Bertz CT molecular complexity index is 629. The number of benzene rings is 1. The number of alkyl halides is 3. The number of carbonyl (C=O) groups is 2. The third-order valence-corrected chi connectivity index (χ3v) is 4.81. The lowest BCUT2D eigenvalue weighted by Gasteiger charge is -2.24. The molecule has 0 bridgehead atoms. The lowest BCUT2D eigenvalue weighted by Crippen LogP contribution is -2.46. The van der Waals surface area contributed by atoms with Gasteiger partial charge in [-0.15, -0.1) is 0 Å². The number of nitrogens with zero attached hydrogens (tertiary/aromatic N) is 1. The Morgan fingerprint density at radius 1 is 1.12 bits per heavy atom. The average molecular weight is 358 g/mol. The van der Waals surface area contributed by atoms with E-state index in [1.807, 2.05) is 0 Å². The first-order valence-electron chi connectivity index (χ1n) is 7.80. The van der Waals surface area contributed by atoms with Crippen molar-refractivity contribution in [3.8, 4) is 0 Å². The third-order valence-electron chi connectivity index (χ3n) is 4.07. The molecule has 1 unspecified atom stereocenters. The highest BCUT2D eigenvalue weighted by atomic mass is 32.2. The van der Waals surface area contributed by atoms with Crippen molar-refractivity contribution >= 4 is 23.6 Å². The Morgan fingerprint density at radius 2 is 1.79 bits per heavy atom. The van der Waals surface area contributed by atoms with Gasteiger partial charge >= 0.3 is 5.51 Å². The molecule has 1 aromatic carbocycles. The first-order chi connectivity index (χ1) is 11.3. The molecule has 0 aromatic heterocycles. The summed E-state index contributed by atoms with van der Waals surface area (Å²) in [5.41, 5.74) is -4.06. The summed E-state index contributed by atoms with van der Waals surface area (Å²) in [5.74, 6) is -0.445. The number of hydrogen-bond donors (Lipinski definition) is 1. The lowest BCUT2D eigenvalue weighted by atomic mass is 10.1. The van der Waals surface area contributed by atoms with Crippen LogP contribution in [0.3, 0.4) is 0 Å². The number of hydrogen-bond acceptors (Lipinski definition) is 3. The summed E-state index contributed by atoms with van der Waals surface area (Å²) in [5, 5.41) is 2.91. The zero-order valence-corrected chi connectivity index (χ0v) is 13.6. The van der Waals surface area contributed by atoms with E-state index in [4.69, 9.17) is 0 Å². The molecule has 24 heavy (non-hydrogen) atoms. The SMILES string of the molecule is O=C(NC1CC1)C1CCCN1C(=O)c1ccc(SC(F)(F)F)cc1. The van der Waals surface area contributed by atoms with Crippen LogP contribution in [0.4, 0.5) is 13.2 Å². The Balaban J connectivity index is 1.67. The Hall–Kier alpha value is -1.70. The van der Waals surface area contributed by atoms with Gasteiger partial charge in [-0.1, -0.05) is 0 Å². The fourth-order valence-electron chi connectivity index (χ4n) is 2.77. The molecule has 1 saturated carbocycles. The zero-order valence-electron chi connectivity index (χ0n) is 12.8. The van der Waals surface area contributed by atoms with Crippen LogP contribution >= 0.6 is 11.8 Å². The van der Waals surface area contributed by atoms with Gasteiger partial charge < -0.3 is 10.2 Å². The molecule has 1 aromatic rings. The maximum Gasteiger partial charge on any atom is 0.446 e. The van der Waals surface area contributed by atoms with E-state index in [0.29, 0.717) is 18.5 Å². The summed E-state index contributed by atoms with van der Waals surface area (Å²) in [6, 6.07) is 5.06. The van der Waals surface area contributed by atoms with Crippen molar-refractivity contribution in [2.45, 2.75) is 48.2 Å². The molecule has 1 aliphatic heterocycles. The fourth-order valence-corrected chi connectivity index (χ4v) is 3.31. The van der Waals surface area contributed by atoms with Crippen LogP contribution in [0.5, 0.6) is 0 Å². The highest BCUT2D eigenvalue weighted by Gasteiger charge is 2.37. The molecular weight excluding hydrogens is 341 g/mol. The molecular formula is C16H17F3N2O2S. The second kappa shape index (κ2) is 6.66. The first kappa shape index (κ1) is 17.1. The largest absolute Gasteiger partial charge is 0.446 e. The molecule has 1 atom stereocenters. The third kappa shape index (κ3) is 4.23. The zero-order chi connectivity index (χ0) is 17.3. The Kier molecular flexibility index (Phi) is 4.76. The van der Waals surface area contributed by atoms with Crippen LogP contribution in [0.2, 0.25) is 0 Å². The van der Waals surface area contributed by atoms with E-state index in [9.17, 15) is 22.8 Å². The molecule has 8 heteroatoms. The van der Waals surface area contributed by atoms with Gasteiger partial charge in [-0.3, -0.25) is 9.59 Å². The van der Waals surface area contributed by atoms with Crippen molar-refractivity contribution in [2.24, 2.45) is 0 Å². The predicted molar refractivity (Wildman–Crippen MR) is 83.6 cm³/mol. The van der Waals surface area contributed by atoms with Crippen LogP contribution in [-0.2, 0) is 4.79 Å². The van der Waals surface area contributed by atoms with Gasteiger partial charge in [0.25, 0.3) is 5.91 Å². The normalized spacial score (nSPS) is 21.0. The molecule has 2 amide bonds. The monoisotopic (exact) mass is 358 g/mol. The molecule has 4 nitrogen and oxygen atoms in total. The van der Waals surface area contributed by atoms with E-state index in [2.05, 4.69) is 5.32 Å². The molecule has 130 valence electrons. The van der Waals surface area contributed by atoms with Gasteiger partial charge in [-0.25, -0.2) is 0 Å². The standard InChI is InChI=1S/C16H17F3N2O2S/c17-16(18,19)24-12-7-3-10(4-8-12)15(23)21-9-1-2-13(21)14(22)20-11-5-6-11/h3-4,7-8,11,13H,1-2,5-6,9H2,(H,20,22). The minimum Gasteiger partial charge on any atom is -0.352 e. The van der Waals surface area contributed by atoms with Crippen LogP contribution in [0.25, 0.3) is 0 Å². The Labute approximate surface area is 141 Å². The quantitative estimate of drug-likeness (QED) is 0.841. The molecule has 2 aliphatic rings. The van der Waals surface area contributed by atoms with E-state index in [0.717, 1.165) is 19.3 Å². The molecule has 1 heterocycles. The highest BCUT2D eigenvalue weighted by Crippen LogP contribution is 2.36. The van der Waals surface area contributed by atoms with Gasteiger partial charge in [-0.2, -0.15) is 13.2 Å². The molecule has 1 saturated heterocycles. The lowest BCUT2D eigenvalue weighted by molar-refractivity contribution is -0.125. The first-order valence-corrected chi connectivity index (χ1v) is 8.62. The Morgan fingerprint density at radius 3 is 2.38 bits per heavy atom. The summed E-state index contributed by atoms with van der Waals surface area (Å²) < 4.78 is 37.0. The molecule has 0 spiro atoms. The van der Waals surface area contributed by atoms with Crippen molar-refractivity contribution in [2.75, 3.05) is 6.54 Å². The summed E-state index contributed by atoms with van der Waals surface area (Å²) in [6.07, 6.45) is 3.32. The van der Waals surface area contributed by atoms with Gasteiger partial charge in [0.2, 0.25) is 5.91 Å². The molecule has 3 rings (SSSR count). The van der Waals surface area contributed by atoms with Crippen molar-refractivity contribution in [3.05, 3.63) is 29.8 Å². The number of likely N-dealkylation sites (tertiary alicyclic amines) is 1. The fraction of sp³-hybridized carbons (Fsp3) is 0.500. The van der Waals surface area contributed by atoms with Crippen molar-refractivity contribution in [1.82, 2.24) is 10.2 Å². The summed E-state index contributed by atoms with van der Waals surface area (Å²) >= 11 is -0.216. The number of amides is 2. The number of halogens is 3. The minimum absolute atomic E-state index is 0.0310. The second-order valence-electron chi connectivity index (χ2n) is 6.01. The molecule has 1 N–H and O–H groups in total. The minimum atomic E-state index is -4.35. The molecule has 2 fully saturated rings. The average Bonchev–Trinajstić information content (AvgIpc) is 3.18. The van der Waals surface area contributed by atoms with Gasteiger partial charge in [0.1, 0.15) is 6.04 Å². The predicted octanol–water partition coefficient (Wildman–Crippen LogP) is 3.18. The van der Waals surface area contributed by atoms with E-state index in [1.54, 1.807) is 0 Å². The van der Waals surface area contributed by atoms with Crippen LogP contribution in [0.15, 0.2) is 29.2 Å². The summed E-state index contributed by atoms with van der Waals surface area (Å²) in [7, 11) is 0. The number of thioether (sulfide) groups is 1. The van der Waals surface area contributed by atoms with Crippen LogP contribution in [0.1, 0.15) is 36.0 Å². The van der Waals surface area contributed by atoms with Crippen LogP contribution in [-0.4, -0.2) is 40.9 Å². The van der Waals surface area contributed by atoms with E-state index >= 15 is 0 Å². The van der Waals surface area contributed by atoms with Crippen molar-refractivity contribution in [3.63, 3.8) is 0 Å². The number of nitrogens with one attached hydrogen (secondary N) is 1. The van der Waals surface area contributed by atoms with Crippen molar-refractivity contribution in [1.29, 1.82) is 0 Å². The van der Waals surface area contributed by atoms with E-state index < -0.39 is 11.6 Å².